The van der Waals surface area contributed by atoms with E-state index in [1.165, 1.54) is 0 Å². The van der Waals surface area contributed by atoms with E-state index in [1.807, 2.05) is 13.0 Å². The highest BCUT2D eigenvalue weighted by Gasteiger charge is 2.08. The highest BCUT2D eigenvalue weighted by Crippen LogP contribution is 2.15. The van der Waals surface area contributed by atoms with Crippen LogP contribution in [0.3, 0.4) is 0 Å². The third kappa shape index (κ3) is 2.84. The molecule has 1 N–H and O–H groups in total. The minimum absolute atomic E-state index is 0.191. The monoisotopic (exact) mass is 282 g/mol. The Kier molecular flexibility index (Phi) is 3.51. The molecular formula is C15H14N4O2. The number of benzene rings is 1. The van der Waals surface area contributed by atoms with Crippen molar-refractivity contribution in [1.82, 2.24) is 14.6 Å². The number of ether oxygens (including phenoxy) is 1. The van der Waals surface area contributed by atoms with Gasteiger partial charge in [0.05, 0.1) is 12.3 Å². The average molecular weight is 282 g/mol. The number of nitrogens with zero attached hydrogens (tertiary/aromatic N) is 3. The SMILES string of the molecule is CCOc1cccc(C(=O)Nc2ccc3nncn3c2)c1. The van der Waals surface area contributed by atoms with Gasteiger partial charge in [-0.25, -0.2) is 0 Å². The number of rotatable bonds is 4. The summed E-state index contributed by atoms with van der Waals surface area (Å²) in [4.78, 5) is 12.2. The van der Waals surface area contributed by atoms with Crippen molar-refractivity contribution in [2.45, 2.75) is 6.92 Å². The Hall–Kier alpha value is -2.89. The molecule has 1 aromatic carbocycles. The fraction of sp³-hybridized carbons (Fsp3) is 0.133. The van der Waals surface area contributed by atoms with Gasteiger partial charge in [0.1, 0.15) is 12.1 Å². The van der Waals surface area contributed by atoms with Crippen molar-refractivity contribution in [2.24, 2.45) is 0 Å². The van der Waals surface area contributed by atoms with Crippen molar-refractivity contribution in [1.29, 1.82) is 0 Å². The van der Waals surface area contributed by atoms with E-state index in [0.29, 0.717) is 23.6 Å². The van der Waals surface area contributed by atoms with Crippen LogP contribution in [0.15, 0.2) is 48.9 Å². The smallest absolute Gasteiger partial charge is 0.255 e. The molecule has 6 heteroatoms. The lowest BCUT2D eigenvalue weighted by molar-refractivity contribution is 0.102. The van der Waals surface area contributed by atoms with Gasteiger partial charge in [-0.3, -0.25) is 9.20 Å². The highest BCUT2D eigenvalue weighted by atomic mass is 16.5. The Bertz CT molecular complexity index is 782. The standard InChI is InChI=1S/C15H14N4O2/c1-2-21-13-5-3-4-11(8-13)15(20)17-12-6-7-14-18-16-10-19(14)9-12/h3-10H,2H2,1H3,(H,17,20). The second-order valence-electron chi connectivity index (χ2n) is 4.43. The Morgan fingerprint density at radius 1 is 1.33 bits per heavy atom. The van der Waals surface area contributed by atoms with Gasteiger partial charge in [0.15, 0.2) is 5.65 Å². The zero-order chi connectivity index (χ0) is 14.7. The van der Waals surface area contributed by atoms with Crippen LogP contribution in [0.1, 0.15) is 17.3 Å². The molecule has 106 valence electrons. The fourth-order valence-corrected chi connectivity index (χ4v) is 2.00. The number of carbonyl (C=O) groups excluding carboxylic acids is 1. The zero-order valence-electron chi connectivity index (χ0n) is 11.5. The minimum Gasteiger partial charge on any atom is -0.494 e. The lowest BCUT2D eigenvalue weighted by Gasteiger charge is -2.07. The van der Waals surface area contributed by atoms with Gasteiger partial charge in [0, 0.05) is 11.8 Å². The maximum atomic E-state index is 12.2. The number of nitrogens with one attached hydrogen (secondary N) is 1. The van der Waals surface area contributed by atoms with Crippen molar-refractivity contribution in [3.05, 3.63) is 54.5 Å². The lowest BCUT2D eigenvalue weighted by atomic mass is 10.2. The summed E-state index contributed by atoms with van der Waals surface area (Å²) in [6, 6.07) is 10.7. The first-order chi connectivity index (χ1) is 10.3. The van der Waals surface area contributed by atoms with Crippen molar-refractivity contribution in [3.8, 4) is 5.75 Å². The summed E-state index contributed by atoms with van der Waals surface area (Å²) in [7, 11) is 0. The van der Waals surface area contributed by atoms with Gasteiger partial charge in [-0.15, -0.1) is 10.2 Å². The summed E-state index contributed by atoms with van der Waals surface area (Å²) in [6.07, 6.45) is 3.35. The van der Waals surface area contributed by atoms with Gasteiger partial charge in [0.25, 0.3) is 5.91 Å². The van der Waals surface area contributed by atoms with E-state index in [2.05, 4.69) is 15.5 Å². The Labute approximate surface area is 121 Å². The molecular weight excluding hydrogens is 268 g/mol. The molecule has 21 heavy (non-hydrogen) atoms. The maximum absolute atomic E-state index is 12.2. The first-order valence-electron chi connectivity index (χ1n) is 6.60. The van der Waals surface area contributed by atoms with E-state index < -0.39 is 0 Å². The summed E-state index contributed by atoms with van der Waals surface area (Å²) in [5.41, 5.74) is 1.95. The predicted molar refractivity (Wildman–Crippen MR) is 78.6 cm³/mol. The minimum atomic E-state index is -0.191. The number of carbonyl (C=O) groups is 1. The number of anilines is 1. The quantitative estimate of drug-likeness (QED) is 0.797. The van der Waals surface area contributed by atoms with Crippen molar-refractivity contribution >= 4 is 17.2 Å². The molecule has 0 saturated carbocycles. The normalized spacial score (nSPS) is 10.5. The number of hydrogen-bond donors (Lipinski definition) is 1. The van der Waals surface area contributed by atoms with Crippen LogP contribution in [0.4, 0.5) is 5.69 Å². The van der Waals surface area contributed by atoms with E-state index in [-0.39, 0.29) is 5.91 Å². The van der Waals surface area contributed by atoms with Crippen LogP contribution in [-0.2, 0) is 0 Å². The predicted octanol–water partition coefficient (Wildman–Crippen LogP) is 2.38. The van der Waals surface area contributed by atoms with Crippen LogP contribution >= 0.6 is 0 Å². The van der Waals surface area contributed by atoms with Crippen LogP contribution in [0.2, 0.25) is 0 Å². The molecule has 0 aliphatic heterocycles. The third-order valence-electron chi connectivity index (χ3n) is 2.96. The lowest BCUT2D eigenvalue weighted by Crippen LogP contribution is -2.12. The largest absolute Gasteiger partial charge is 0.494 e. The molecule has 1 amide bonds. The van der Waals surface area contributed by atoms with Crippen LogP contribution in [-0.4, -0.2) is 27.1 Å². The summed E-state index contributed by atoms with van der Waals surface area (Å²) in [6.45, 7) is 2.47. The van der Waals surface area contributed by atoms with Gasteiger partial charge in [-0.2, -0.15) is 0 Å². The number of aromatic nitrogens is 3. The fourth-order valence-electron chi connectivity index (χ4n) is 2.00. The van der Waals surface area contributed by atoms with Crippen LogP contribution in [0, 0.1) is 0 Å². The van der Waals surface area contributed by atoms with Crippen LogP contribution in [0.5, 0.6) is 5.75 Å². The van der Waals surface area contributed by atoms with Crippen LogP contribution in [0.25, 0.3) is 5.65 Å². The summed E-state index contributed by atoms with van der Waals surface area (Å²) in [5.74, 6) is 0.489. The van der Waals surface area contributed by atoms with Gasteiger partial charge in [-0.05, 0) is 37.3 Å². The van der Waals surface area contributed by atoms with E-state index in [4.69, 9.17) is 4.74 Å². The third-order valence-corrected chi connectivity index (χ3v) is 2.96. The summed E-state index contributed by atoms with van der Waals surface area (Å²) >= 11 is 0. The number of fused-ring (bicyclic) bond motifs is 1. The second-order valence-corrected chi connectivity index (χ2v) is 4.43. The molecule has 0 aliphatic carbocycles. The number of pyridine rings is 1. The molecule has 0 saturated heterocycles. The molecule has 3 rings (SSSR count). The van der Waals surface area contributed by atoms with E-state index >= 15 is 0 Å². The van der Waals surface area contributed by atoms with E-state index in [0.717, 1.165) is 5.65 Å². The summed E-state index contributed by atoms with van der Waals surface area (Å²) < 4.78 is 7.14. The Balaban J connectivity index is 1.80. The Morgan fingerprint density at radius 3 is 3.10 bits per heavy atom. The Morgan fingerprint density at radius 2 is 2.24 bits per heavy atom. The molecule has 0 unspecified atom stereocenters. The molecule has 0 aliphatic rings. The van der Waals surface area contributed by atoms with Crippen LogP contribution < -0.4 is 10.1 Å². The molecule has 3 aromatic rings. The molecule has 2 heterocycles. The van der Waals surface area contributed by atoms with Crippen molar-refractivity contribution in [2.75, 3.05) is 11.9 Å². The van der Waals surface area contributed by atoms with Gasteiger partial charge in [0.2, 0.25) is 0 Å². The summed E-state index contributed by atoms with van der Waals surface area (Å²) in [5, 5.41) is 10.5. The number of amides is 1. The molecule has 0 bridgehead atoms. The average Bonchev–Trinajstić information content (AvgIpc) is 2.95. The van der Waals surface area contributed by atoms with Gasteiger partial charge >= 0.3 is 0 Å². The zero-order valence-corrected chi connectivity index (χ0v) is 11.5. The van der Waals surface area contributed by atoms with E-state index in [1.54, 1.807) is 47.3 Å². The molecule has 2 aromatic heterocycles. The molecule has 0 fully saturated rings. The highest BCUT2D eigenvalue weighted by molar-refractivity contribution is 6.04. The van der Waals surface area contributed by atoms with Crippen molar-refractivity contribution < 1.29 is 9.53 Å². The van der Waals surface area contributed by atoms with Gasteiger partial charge < -0.3 is 10.1 Å². The second kappa shape index (κ2) is 5.62. The molecule has 6 nitrogen and oxygen atoms in total. The molecule has 0 atom stereocenters. The van der Waals surface area contributed by atoms with Gasteiger partial charge in [-0.1, -0.05) is 6.07 Å². The maximum Gasteiger partial charge on any atom is 0.255 e. The first-order valence-corrected chi connectivity index (χ1v) is 6.60. The van der Waals surface area contributed by atoms with E-state index in [9.17, 15) is 4.79 Å². The topological polar surface area (TPSA) is 68.5 Å². The molecule has 0 spiro atoms. The number of hydrogen-bond acceptors (Lipinski definition) is 4. The van der Waals surface area contributed by atoms with Crippen molar-refractivity contribution in [3.63, 3.8) is 0 Å². The first kappa shape index (κ1) is 13.1. The molecule has 0 radical (unpaired) electrons.